The Labute approximate surface area is 155 Å². The summed E-state index contributed by atoms with van der Waals surface area (Å²) in [6.07, 6.45) is 3.19. The van der Waals surface area contributed by atoms with Crippen molar-refractivity contribution >= 4 is 24.1 Å². The first-order valence-electron chi connectivity index (χ1n) is 8.96. The maximum Gasteiger partial charge on any atom is 0.408 e. The highest BCUT2D eigenvalue weighted by molar-refractivity contribution is 5.92. The number of nitrogens with zero attached hydrogens (tertiary/aromatic N) is 1. The predicted molar refractivity (Wildman–Crippen MR) is 97.6 cm³/mol. The molecule has 0 aromatic heterocycles. The number of rotatable bonds is 7. The summed E-state index contributed by atoms with van der Waals surface area (Å²) in [7, 11) is 0. The van der Waals surface area contributed by atoms with Crippen LogP contribution in [0, 0.1) is 0 Å². The molecular weight excluding hydrogens is 336 g/mol. The van der Waals surface area contributed by atoms with E-state index >= 15 is 0 Å². The van der Waals surface area contributed by atoms with Gasteiger partial charge in [0.05, 0.1) is 6.04 Å². The van der Waals surface area contributed by atoms with E-state index in [-0.39, 0.29) is 24.5 Å². The zero-order chi connectivity index (χ0) is 19.9. The number of likely N-dealkylation sites (tertiary alicyclic amines) is 1. The first-order chi connectivity index (χ1) is 12.0. The van der Waals surface area contributed by atoms with Crippen LogP contribution in [0.4, 0.5) is 4.79 Å². The minimum absolute atomic E-state index is 0.109. The van der Waals surface area contributed by atoms with E-state index in [2.05, 4.69) is 5.32 Å². The molecule has 7 nitrogen and oxygen atoms in total. The molecule has 0 spiro atoms. The number of amides is 2. The molecule has 7 heteroatoms. The molecular formula is C19H30N2O5. The van der Waals surface area contributed by atoms with Crippen LogP contribution in [0.25, 0.3) is 0 Å². The van der Waals surface area contributed by atoms with E-state index in [1.807, 2.05) is 13.8 Å². The van der Waals surface area contributed by atoms with Gasteiger partial charge in [0.1, 0.15) is 17.9 Å². The van der Waals surface area contributed by atoms with Crippen LogP contribution in [0.2, 0.25) is 0 Å². The fourth-order valence-corrected chi connectivity index (χ4v) is 2.80. The topological polar surface area (TPSA) is 92.8 Å². The SMILES string of the molecule is CC(C)=CC(=O)CCC(NC(=O)OC(C)(C)C)C(=O)N1CCC[C@H]1C=O. The van der Waals surface area contributed by atoms with Gasteiger partial charge < -0.3 is 19.7 Å². The van der Waals surface area contributed by atoms with Crippen LogP contribution >= 0.6 is 0 Å². The number of ether oxygens (including phenoxy) is 1. The molecule has 0 bridgehead atoms. The Hall–Kier alpha value is -2.18. The third-order valence-corrected chi connectivity index (χ3v) is 3.86. The lowest BCUT2D eigenvalue weighted by molar-refractivity contribution is -0.136. The molecule has 2 amide bonds. The van der Waals surface area contributed by atoms with Gasteiger partial charge in [0.15, 0.2) is 5.78 Å². The van der Waals surface area contributed by atoms with Gasteiger partial charge in [-0.15, -0.1) is 0 Å². The van der Waals surface area contributed by atoms with Crippen LogP contribution in [-0.2, 0) is 19.1 Å². The summed E-state index contributed by atoms with van der Waals surface area (Å²) >= 11 is 0. The van der Waals surface area contributed by atoms with E-state index in [4.69, 9.17) is 4.74 Å². The van der Waals surface area contributed by atoms with Crippen molar-refractivity contribution in [3.63, 3.8) is 0 Å². The van der Waals surface area contributed by atoms with Gasteiger partial charge in [-0.1, -0.05) is 5.57 Å². The van der Waals surface area contributed by atoms with Crippen molar-refractivity contribution in [3.05, 3.63) is 11.6 Å². The van der Waals surface area contributed by atoms with Gasteiger partial charge in [-0.05, 0) is 60.0 Å². The van der Waals surface area contributed by atoms with E-state index in [0.29, 0.717) is 13.0 Å². The predicted octanol–water partition coefficient (Wildman–Crippen LogP) is 2.39. The Balaban J connectivity index is 2.84. The number of nitrogens with one attached hydrogen (secondary N) is 1. The van der Waals surface area contributed by atoms with Crippen molar-refractivity contribution in [1.29, 1.82) is 0 Å². The maximum absolute atomic E-state index is 12.8. The van der Waals surface area contributed by atoms with Crippen LogP contribution in [-0.4, -0.2) is 53.2 Å². The first kappa shape index (κ1) is 21.9. The molecule has 1 aliphatic rings. The fourth-order valence-electron chi connectivity index (χ4n) is 2.80. The minimum atomic E-state index is -0.903. The zero-order valence-corrected chi connectivity index (χ0v) is 16.3. The normalized spacial score (nSPS) is 18.0. The van der Waals surface area contributed by atoms with Crippen molar-refractivity contribution in [2.24, 2.45) is 0 Å². The molecule has 0 radical (unpaired) electrons. The van der Waals surface area contributed by atoms with Crippen LogP contribution in [0.5, 0.6) is 0 Å². The van der Waals surface area contributed by atoms with E-state index < -0.39 is 23.8 Å². The van der Waals surface area contributed by atoms with Crippen LogP contribution < -0.4 is 5.32 Å². The highest BCUT2D eigenvalue weighted by atomic mass is 16.6. The van der Waals surface area contributed by atoms with Gasteiger partial charge in [0.25, 0.3) is 0 Å². The van der Waals surface area contributed by atoms with Gasteiger partial charge in [-0.25, -0.2) is 4.79 Å². The molecule has 1 fully saturated rings. The molecule has 146 valence electrons. The lowest BCUT2D eigenvalue weighted by Crippen LogP contribution is -2.51. The number of alkyl carbamates (subject to hydrolysis) is 1. The number of carbonyl (C=O) groups is 4. The quantitative estimate of drug-likeness (QED) is 0.552. The second-order valence-electron chi connectivity index (χ2n) is 7.80. The first-order valence-corrected chi connectivity index (χ1v) is 8.96. The lowest BCUT2D eigenvalue weighted by atomic mass is 10.1. The van der Waals surface area contributed by atoms with Crippen molar-refractivity contribution < 1.29 is 23.9 Å². The minimum Gasteiger partial charge on any atom is -0.444 e. The van der Waals surface area contributed by atoms with Gasteiger partial charge in [-0.2, -0.15) is 0 Å². The monoisotopic (exact) mass is 366 g/mol. The van der Waals surface area contributed by atoms with Crippen LogP contribution in [0.1, 0.15) is 60.3 Å². The number of allylic oxidation sites excluding steroid dienone is 2. The molecule has 0 saturated carbocycles. The molecule has 0 aromatic carbocycles. The summed E-state index contributed by atoms with van der Waals surface area (Å²) in [4.78, 5) is 49.5. The summed E-state index contributed by atoms with van der Waals surface area (Å²) in [5.74, 6) is -0.461. The van der Waals surface area contributed by atoms with Crippen LogP contribution in [0.3, 0.4) is 0 Å². The van der Waals surface area contributed by atoms with E-state index in [1.165, 1.54) is 11.0 Å². The lowest BCUT2D eigenvalue weighted by Gasteiger charge is -2.28. The third kappa shape index (κ3) is 7.37. The summed E-state index contributed by atoms with van der Waals surface area (Å²) in [6, 6.07) is -1.38. The summed E-state index contributed by atoms with van der Waals surface area (Å²) < 4.78 is 5.22. The average molecular weight is 366 g/mol. The maximum atomic E-state index is 12.8. The Morgan fingerprint density at radius 2 is 1.92 bits per heavy atom. The molecule has 26 heavy (non-hydrogen) atoms. The number of hydrogen-bond acceptors (Lipinski definition) is 5. The van der Waals surface area contributed by atoms with Crippen molar-refractivity contribution in [1.82, 2.24) is 10.2 Å². The summed E-state index contributed by atoms with van der Waals surface area (Å²) in [6.45, 7) is 9.29. The van der Waals surface area contributed by atoms with Crippen molar-refractivity contribution in [3.8, 4) is 0 Å². The molecule has 0 aromatic rings. The van der Waals surface area contributed by atoms with Gasteiger partial charge in [-0.3, -0.25) is 9.59 Å². The van der Waals surface area contributed by atoms with Gasteiger partial charge in [0, 0.05) is 13.0 Å². The number of aldehydes is 1. The molecule has 1 unspecified atom stereocenters. The standard InChI is InChI=1S/C19H30N2O5/c1-13(2)11-15(23)8-9-16(20-18(25)26-19(3,4)5)17(24)21-10-6-7-14(21)12-22/h11-12,14,16H,6-10H2,1-5H3,(H,20,25)/t14-,16?/m0/s1. The van der Waals surface area contributed by atoms with E-state index in [1.54, 1.807) is 20.8 Å². The molecule has 1 saturated heterocycles. The molecule has 1 N–H and O–H groups in total. The number of hydrogen-bond donors (Lipinski definition) is 1. The average Bonchev–Trinajstić information content (AvgIpc) is 2.96. The fraction of sp³-hybridized carbons (Fsp3) is 0.684. The molecule has 1 rings (SSSR count). The largest absolute Gasteiger partial charge is 0.444 e. The van der Waals surface area contributed by atoms with E-state index in [9.17, 15) is 19.2 Å². The third-order valence-electron chi connectivity index (χ3n) is 3.86. The molecule has 2 atom stereocenters. The second-order valence-corrected chi connectivity index (χ2v) is 7.80. The van der Waals surface area contributed by atoms with E-state index in [0.717, 1.165) is 18.3 Å². The highest BCUT2D eigenvalue weighted by Gasteiger charge is 2.34. The summed E-state index contributed by atoms with van der Waals surface area (Å²) in [5, 5.41) is 2.56. The summed E-state index contributed by atoms with van der Waals surface area (Å²) in [5.41, 5.74) is 0.174. The van der Waals surface area contributed by atoms with Crippen molar-refractivity contribution in [2.75, 3.05) is 6.54 Å². The van der Waals surface area contributed by atoms with Gasteiger partial charge in [0.2, 0.25) is 5.91 Å². The van der Waals surface area contributed by atoms with Crippen molar-refractivity contribution in [2.45, 2.75) is 78.0 Å². The number of ketones is 1. The smallest absolute Gasteiger partial charge is 0.408 e. The Morgan fingerprint density at radius 3 is 2.46 bits per heavy atom. The zero-order valence-electron chi connectivity index (χ0n) is 16.3. The highest BCUT2D eigenvalue weighted by Crippen LogP contribution is 2.18. The Morgan fingerprint density at radius 1 is 1.27 bits per heavy atom. The van der Waals surface area contributed by atoms with Crippen LogP contribution in [0.15, 0.2) is 11.6 Å². The Bertz CT molecular complexity index is 573. The van der Waals surface area contributed by atoms with Gasteiger partial charge >= 0.3 is 6.09 Å². The molecule has 1 aliphatic heterocycles. The second kappa shape index (κ2) is 9.50. The molecule has 1 heterocycles. The molecule has 0 aliphatic carbocycles. The Kier molecular flexibility index (Phi) is 7.99. The number of carbonyl (C=O) groups excluding carboxylic acids is 4.